The lowest BCUT2D eigenvalue weighted by molar-refractivity contribution is -0.150. The van der Waals surface area contributed by atoms with Crippen LogP contribution < -0.4 is 10.1 Å². The fourth-order valence-electron chi connectivity index (χ4n) is 1.54. The summed E-state index contributed by atoms with van der Waals surface area (Å²) in [5.41, 5.74) is 0.537. The van der Waals surface area contributed by atoms with E-state index in [-0.39, 0.29) is 24.7 Å². The second-order valence-electron chi connectivity index (χ2n) is 5.65. The number of nitrogens with one attached hydrogen (secondary N) is 1. The highest BCUT2D eigenvalue weighted by Crippen LogP contribution is 2.20. The first-order chi connectivity index (χ1) is 10.2. The zero-order valence-electron chi connectivity index (χ0n) is 13.4. The highest BCUT2D eigenvalue weighted by atomic mass is 35.5. The van der Waals surface area contributed by atoms with Crippen LogP contribution >= 0.6 is 11.6 Å². The van der Waals surface area contributed by atoms with E-state index in [1.165, 1.54) is 0 Å². The fraction of sp³-hybridized carbons (Fsp3) is 0.500. The summed E-state index contributed by atoms with van der Waals surface area (Å²) in [6, 6.07) is 5.09. The number of hydrogen-bond donors (Lipinski definition) is 1. The Bertz CT molecular complexity index is 543. The monoisotopic (exact) mass is 327 g/mol. The predicted octanol–water partition coefficient (Wildman–Crippen LogP) is 2.88. The molecule has 122 valence electrons. The minimum absolute atomic E-state index is 0.258. The van der Waals surface area contributed by atoms with E-state index in [0.29, 0.717) is 10.8 Å². The number of halogens is 1. The average molecular weight is 328 g/mol. The number of carbonyl (C=O) groups is 2. The summed E-state index contributed by atoms with van der Waals surface area (Å²) < 4.78 is 10.2. The van der Waals surface area contributed by atoms with Gasteiger partial charge in [0.05, 0.1) is 0 Å². The molecule has 22 heavy (non-hydrogen) atoms. The van der Waals surface area contributed by atoms with Crippen molar-refractivity contribution >= 4 is 23.5 Å². The van der Waals surface area contributed by atoms with Gasteiger partial charge in [0.15, 0.2) is 13.2 Å². The van der Waals surface area contributed by atoms with Gasteiger partial charge in [0, 0.05) is 10.6 Å². The normalized spacial score (nSPS) is 11.0. The molecule has 0 saturated heterocycles. The Morgan fingerprint density at radius 2 is 1.95 bits per heavy atom. The maximum atomic E-state index is 11.6. The van der Waals surface area contributed by atoms with Crippen LogP contribution in [0, 0.1) is 6.92 Å². The average Bonchev–Trinajstić information content (AvgIpc) is 2.46. The first-order valence-corrected chi connectivity index (χ1v) is 7.47. The fourth-order valence-corrected chi connectivity index (χ4v) is 1.66. The van der Waals surface area contributed by atoms with E-state index < -0.39 is 5.97 Å². The molecule has 0 aliphatic carbocycles. The molecule has 5 nitrogen and oxygen atoms in total. The van der Waals surface area contributed by atoms with Crippen LogP contribution in [0.1, 0.15) is 32.8 Å². The number of amides is 1. The smallest absolute Gasteiger partial charge is 0.344 e. The van der Waals surface area contributed by atoms with Gasteiger partial charge in [-0.25, -0.2) is 4.79 Å². The number of esters is 1. The van der Waals surface area contributed by atoms with Crippen molar-refractivity contribution in [1.29, 1.82) is 0 Å². The largest absolute Gasteiger partial charge is 0.482 e. The summed E-state index contributed by atoms with van der Waals surface area (Å²) in [5, 5.41) is 3.41. The second-order valence-corrected chi connectivity index (χ2v) is 6.05. The molecule has 0 unspecified atom stereocenters. The Morgan fingerprint density at radius 1 is 1.27 bits per heavy atom. The third kappa shape index (κ3) is 6.35. The molecule has 1 rings (SSSR count). The van der Waals surface area contributed by atoms with Gasteiger partial charge in [-0.2, -0.15) is 0 Å². The minimum atomic E-state index is -0.600. The van der Waals surface area contributed by atoms with E-state index in [2.05, 4.69) is 5.32 Å². The van der Waals surface area contributed by atoms with E-state index in [0.717, 1.165) is 12.0 Å². The van der Waals surface area contributed by atoms with Gasteiger partial charge in [-0.05, 0) is 51.0 Å². The molecular weight excluding hydrogens is 306 g/mol. The van der Waals surface area contributed by atoms with Crippen molar-refractivity contribution in [3.05, 3.63) is 28.8 Å². The van der Waals surface area contributed by atoms with Gasteiger partial charge >= 0.3 is 5.97 Å². The van der Waals surface area contributed by atoms with Crippen LogP contribution in [-0.4, -0.2) is 30.6 Å². The molecule has 0 saturated carbocycles. The number of benzene rings is 1. The third-order valence-corrected chi connectivity index (χ3v) is 3.64. The van der Waals surface area contributed by atoms with E-state index in [4.69, 9.17) is 21.1 Å². The van der Waals surface area contributed by atoms with Crippen LogP contribution in [0.3, 0.4) is 0 Å². The van der Waals surface area contributed by atoms with Crippen molar-refractivity contribution in [3.63, 3.8) is 0 Å². The molecule has 1 amide bonds. The molecule has 0 aliphatic rings. The van der Waals surface area contributed by atoms with E-state index in [1.54, 1.807) is 18.2 Å². The van der Waals surface area contributed by atoms with Gasteiger partial charge in [-0.15, -0.1) is 0 Å². The van der Waals surface area contributed by atoms with Crippen molar-refractivity contribution < 1.29 is 19.1 Å². The third-order valence-electron chi connectivity index (χ3n) is 3.21. The Balaban J connectivity index is 2.34. The number of aryl methyl sites for hydroxylation is 1. The zero-order valence-corrected chi connectivity index (χ0v) is 14.1. The van der Waals surface area contributed by atoms with Crippen molar-refractivity contribution in [2.24, 2.45) is 0 Å². The quantitative estimate of drug-likeness (QED) is 0.782. The highest BCUT2D eigenvalue weighted by molar-refractivity contribution is 6.31. The molecule has 0 heterocycles. The van der Waals surface area contributed by atoms with E-state index in [1.807, 2.05) is 27.7 Å². The van der Waals surface area contributed by atoms with Crippen molar-refractivity contribution in [2.45, 2.75) is 39.7 Å². The topological polar surface area (TPSA) is 64.6 Å². The summed E-state index contributed by atoms with van der Waals surface area (Å²) in [4.78, 5) is 23.2. The molecule has 0 atom stereocenters. The molecule has 0 radical (unpaired) electrons. The summed E-state index contributed by atoms with van der Waals surface area (Å²) >= 11 is 5.90. The Hall–Kier alpha value is -1.75. The molecule has 6 heteroatoms. The van der Waals surface area contributed by atoms with Crippen LogP contribution in [0.15, 0.2) is 18.2 Å². The number of ether oxygens (including phenoxy) is 2. The zero-order chi connectivity index (χ0) is 16.8. The van der Waals surface area contributed by atoms with Crippen LogP contribution in [-0.2, 0) is 14.3 Å². The van der Waals surface area contributed by atoms with Crippen LogP contribution in [0.2, 0.25) is 5.02 Å². The van der Waals surface area contributed by atoms with Crippen LogP contribution in [0.5, 0.6) is 5.75 Å². The number of carbonyl (C=O) groups excluding carboxylic acids is 2. The van der Waals surface area contributed by atoms with Gasteiger partial charge in [0.1, 0.15) is 5.75 Å². The Labute approximate surface area is 135 Å². The molecule has 1 N–H and O–H groups in total. The van der Waals surface area contributed by atoms with Gasteiger partial charge < -0.3 is 14.8 Å². The molecule has 0 fully saturated rings. The lowest BCUT2D eigenvalue weighted by Gasteiger charge is -2.24. The molecule has 1 aromatic rings. The molecule has 0 aromatic heterocycles. The van der Waals surface area contributed by atoms with Crippen molar-refractivity contribution in [2.75, 3.05) is 13.2 Å². The van der Waals surface area contributed by atoms with Gasteiger partial charge in [0.2, 0.25) is 0 Å². The summed E-state index contributed by atoms with van der Waals surface area (Å²) in [6.45, 7) is 7.04. The van der Waals surface area contributed by atoms with Gasteiger partial charge in [0.25, 0.3) is 5.91 Å². The van der Waals surface area contributed by atoms with Gasteiger partial charge in [-0.1, -0.05) is 18.5 Å². The summed E-state index contributed by atoms with van der Waals surface area (Å²) in [5.74, 6) is -0.407. The first-order valence-electron chi connectivity index (χ1n) is 7.09. The lowest BCUT2D eigenvalue weighted by Crippen LogP contribution is -2.44. The van der Waals surface area contributed by atoms with Crippen molar-refractivity contribution in [3.8, 4) is 5.75 Å². The summed E-state index contributed by atoms with van der Waals surface area (Å²) in [6.07, 6.45) is 0.783. The predicted molar refractivity (Wildman–Crippen MR) is 85.2 cm³/mol. The minimum Gasteiger partial charge on any atom is -0.482 e. The van der Waals surface area contributed by atoms with Crippen molar-refractivity contribution in [1.82, 2.24) is 5.32 Å². The second kappa shape index (κ2) is 8.03. The van der Waals surface area contributed by atoms with E-state index >= 15 is 0 Å². The Kier molecular flexibility index (Phi) is 6.68. The lowest BCUT2D eigenvalue weighted by atomic mass is 10.0. The van der Waals surface area contributed by atoms with Crippen LogP contribution in [0.25, 0.3) is 0 Å². The number of rotatable bonds is 7. The SMILES string of the molecule is CCC(C)(C)NC(=O)COC(=O)COc1ccc(Cl)c(C)c1. The molecule has 1 aromatic carbocycles. The van der Waals surface area contributed by atoms with E-state index in [9.17, 15) is 9.59 Å². The maximum Gasteiger partial charge on any atom is 0.344 e. The molecule has 0 spiro atoms. The van der Waals surface area contributed by atoms with Gasteiger partial charge in [-0.3, -0.25) is 4.79 Å². The van der Waals surface area contributed by atoms with Crippen LogP contribution in [0.4, 0.5) is 0 Å². The highest BCUT2D eigenvalue weighted by Gasteiger charge is 2.18. The molecular formula is C16H22ClNO4. The molecule has 0 aliphatic heterocycles. The molecule has 0 bridgehead atoms. The Morgan fingerprint density at radius 3 is 2.55 bits per heavy atom. The number of hydrogen-bond acceptors (Lipinski definition) is 4. The standard InChI is InChI=1S/C16H22ClNO4/c1-5-16(3,4)18-14(19)9-22-15(20)10-21-12-6-7-13(17)11(2)8-12/h6-8H,5,9-10H2,1-4H3,(H,18,19). The summed E-state index contributed by atoms with van der Waals surface area (Å²) in [7, 11) is 0. The maximum absolute atomic E-state index is 11.6. The first kappa shape index (κ1) is 18.3.